The zero-order valence-corrected chi connectivity index (χ0v) is 10.5. The first-order chi connectivity index (χ1) is 8.09. The van der Waals surface area contributed by atoms with Gasteiger partial charge in [0.15, 0.2) is 0 Å². The van der Waals surface area contributed by atoms with Crippen LogP contribution in [0.3, 0.4) is 0 Å². The normalized spacial score (nSPS) is 10.5. The van der Waals surface area contributed by atoms with Gasteiger partial charge in [0.05, 0.1) is 5.69 Å². The van der Waals surface area contributed by atoms with Gasteiger partial charge >= 0.3 is 0 Å². The Morgan fingerprint density at radius 3 is 3.00 bits per heavy atom. The highest BCUT2D eigenvalue weighted by Gasteiger charge is 2.17. The number of nitrogens with zero attached hydrogens (tertiary/aromatic N) is 2. The van der Waals surface area contributed by atoms with Crippen LogP contribution in [0.5, 0.6) is 5.88 Å². The Morgan fingerprint density at radius 2 is 2.41 bits per heavy atom. The lowest BCUT2D eigenvalue weighted by Gasteiger charge is -2.07. The van der Waals surface area contributed by atoms with Gasteiger partial charge < -0.3 is 10.5 Å². The van der Waals surface area contributed by atoms with Gasteiger partial charge in [-0.1, -0.05) is 6.07 Å². The molecule has 0 aromatic carbocycles. The van der Waals surface area contributed by atoms with Crippen molar-refractivity contribution in [2.24, 2.45) is 12.8 Å². The Bertz CT molecular complexity index is 530. The van der Waals surface area contributed by atoms with E-state index in [-0.39, 0.29) is 5.84 Å². The van der Waals surface area contributed by atoms with E-state index < -0.39 is 0 Å². The molecule has 0 spiro atoms. The lowest BCUT2D eigenvalue weighted by Crippen LogP contribution is -2.13. The molecule has 0 saturated heterocycles. The van der Waals surface area contributed by atoms with Gasteiger partial charge in [-0.25, -0.2) is 4.68 Å². The number of nitrogen functional groups attached to an aromatic ring is 1. The van der Waals surface area contributed by atoms with Gasteiger partial charge in [0.25, 0.3) is 0 Å². The van der Waals surface area contributed by atoms with Crippen LogP contribution in [0.25, 0.3) is 0 Å². The number of amidine groups is 1. The van der Waals surface area contributed by atoms with Crippen LogP contribution < -0.4 is 10.5 Å². The molecule has 0 amide bonds. The third-order valence-electron chi connectivity index (χ3n) is 2.37. The molecule has 0 bridgehead atoms. The van der Waals surface area contributed by atoms with Crippen molar-refractivity contribution >= 4 is 17.2 Å². The van der Waals surface area contributed by atoms with Crippen molar-refractivity contribution in [3.8, 4) is 5.88 Å². The molecule has 2 aromatic rings. The molecule has 0 unspecified atom stereocenters. The van der Waals surface area contributed by atoms with Crippen LogP contribution in [0.1, 0.15) is 16.1 Å². The van der Waals surface area contributed by atoms with E-state index in [9.17, 15) is 0 Å². The van der Waals surface area contributed by atoms with E-state index in [0.29, 0.717) is 23.7 Å². The van der Waals surface area contributed by atoms with Gasteiger partial charge in [-0.15, -0.1) is 11.3 Å². The van der Waals surface area contributed by atoms with E-state index in [4.69, 9.17) is 15.9 Å². The molecule has 2 aromatic heterocycles. The summed E-state index contributed by atoms with van der Waals surface area (Å²) in [6.07, 6.45) is 0. The van der Waals surface area contributed by atoms with Crippen molar-refractivity contribution in [2.75, 3.05) is 0 Å². The van der Waals surface area contributed by atoms with Crippen LogP contribution in [0.4, 0.5) is 0 Å². The average Bonchev–Trinajstić information content (AvgIpc) is 2.83. The highest BCUT2D eigenvalue weighted by atomic mass is 32.1. The maximum Gasteiger partial charge on any atom is 0.223 e. The quantitative estimate of drug-likeness (QED) is 0.640. The third-order valence-corrected chi connectivity index (χ3v) is 3.22. The van der Waals surface area contributed by atoms with Crippen molar-refractivity contribution in [1.82, 2.24) is 9.78 Å². The van der Waals surface area contributed by atoms with Crippen LogP contribution in [0.2, 0.25) is 0 Å². The number of hydrogen-bond donors (Lipinski definition) is 2. The minimum absolute atomic E-state index is 0.0169. The number of aromatic nitrogens is 2. The van der Waals surface area contributed by atoms with Crippen molar-refractivity contribution in [2.45, 2.75) is 13.5 Å². The maximum absolute atomic E-state index is 7.53. The number of aryl methyl sites for hydroxylation is 2. The summed E-state index contributed by atoms with van der Waals surface area (Å²) >= 11 is 1.63. The van der Waals surface area contributed by atoms with E-state index >= 15 is 0 Å². The lowest BCUT2D eigenvalue weighted by atomic mass is 10.2. The van der Waals surface area contributed by atoms with Gasteiger partial charge in [0.2, 0.25) is 5.88 Å². The molecule has 0 fully saturated rings. The second-order valence-corrected chi connectivity index (χ2v) is 4.70. The molecule has 2 rings (SSSR count). The largest absolute Gasteiger partial charge is 0.472 e. The van der Waals surface area contributed by atoms with Crippen molar-refractivity contribution in [3.63, 3.8) is 0 Å². The first-order valence-corrected chi connectivity index (χ1v) is 6.00. The Balaban J connectivity index is 2.23. The summed E-state index contributed by atoms with van der Waals surface area (Å²) in [5.41, 5.74) is 6.81. The van der Waals surface area contributed by atoms with Crippen LogP contribution in [0.15, 0.2) is 17.5 Å². The van der Waals surface area contributed by atoms with Crippen molar-refractivity contribution < 1.29 is 4.74 Å². The Kier molecular flexibility index (Phi) is 3.14. The van der Waals surface area contributed by atoms with Crippen molar-refractivity contribution in [1.29, 1.82) is 5.41 Å². The summed E-state index contributed by atoms with van der Waals surface area (Å²) in [7, 11) is 1.78. The molecule has 0 atom stereocenters. The Hall–Kier alpha value is -1.82. The molecule has 5 nitrogen and oxygen atoms in total. The van der Waals surface area contributed by atoms with E-state index in [1.54, 1.807) is 23.1 Å². The second kappa shape index (κ2) is 4.58. The maximum atomic E-state index is 7.53. The van der Waals surface area contributed by atoms with Gasteiger partial charge in [-0.05, 0) is 18.4 Å². The molecule has 0 aliphatic rings. The molecular weight excluding hydrogens is 236 g/mol. The van der Waals surface area contributed by atoms with E-state index in [1.165, 1.54) is 0 Å². The molecule has 0 saturated carbocycles. The molecule has 3 N–H and O–H groups in total. The summed E-state index contributed by atoms with van der Waals surface area (Å²) in [5, 5.41) is 13.7. The fraction of sp³-hybridized carbons (Fsp3) is 0.273. The second-order valence-electron chi connectivity index (χ2n) is 3.67. The highest BCUT2D eigenvalue weighted by molar-refractivity contribution is 7.09. The first-order valence-electron chi connectivity index (χ1n) is 5.12. The smallest absolute Gasteiger partial charge is 0.223 e. The summed E-state index contributed by atoms with van der Waals surface area (Å²) in [5.74, 6) is 0.528. The molecule has 6 heteroatoms. The standard InChI is InChI=1S/C11H14N4OS/c1-7-9(10(12)13)11(15(2)14-7)16-6-8-4-3-5-17-8/h3-5H,6H2,1-2H3,(H3,12,13). The molecule has 0 radical (unpaired) electrons. The first kappa shape index (κ1) is 11.7. The molecule has 17 heavy (non-hydrogen) atoms. The minimum Gasteiger partial charge on any atom is -0.472 e. The zero-order chi connectivity index (χ0) is 12.4. The summed E-state index contributed by atoms with van der Waals surface area (Å²) < 4.78 is 7.30. The van der Waals surface area contributed by atoms with Gasteiger partial charge in [0, 0.05) is 11.9 Å². The van der Waals surface area contributed by atoms with Crippen LogP contribution in [-0.2, 0) is 13.7 Å². The van der Waals surface area contributed by atoms with E-state index in [0.717, 1.165) is 4.88 Å². The SMILES string of the molecule is Cc1nn(C)c(OCc2cccs2)c1C(=N)N. The summed E-state index contributed by atoms with van der Waals surface area (Å²) in [4.78, 5) is 1.12. The van der Waals surface area contributed by atoms with Crippen LogP contribution in [-0.4, -0.2) is 15.6 Å². The summed E-state index contributed by atoms with van der Waals surface area (Å²) in [6, 6.07) is 3.98. The molecule has 0 aliphatic carbocycles. The minimum atomic E-state index is -0.0169. The predicted molar refractivity (Wildman–Crippen MR) is 67.6 cm³/mol. The molecule has 2 heterocycles. The fourth-order valence-electron chi connectivity index (χ4n) is 1.65. The Morgan fingerprint density at radius 1 is 1.65 bits per heavy atom. The fourth-order valence-corrected chi connectivity index (χ4v) is 2.26. The lowest BCUT2D eigenvalue weighted by molar-refractivity contribution is 0.281. The molecule has 90 valence electrons. The van der Waals surface area contributed by atoms with E-state index in [1.807, 2.05) is 24.4 Å². The number of ether oxygens (including phenoxy) is 1. The average molecular weight is 250 g/mol. The van der Waals surface area contributed by atoms with Gasteiger partial charge in [0.1, 0.15) is 18.0 Å². The Labute approximate surface area is 103 Å². The third kappa shape index (κ3) is 2.31. The van der Waals surface area contributed by atoms with Crippen LogP contribution in [0, 0.1) is 12.3 Å². The number of nitrogens with two attached hydrogens (primary N) is 1. The molecule has 0 aliphatic heterocycles. The van der Waals surface area contributed by atoms with Crippen LogP contribution >= 0.6 is 11.3 Å². The van der Waals surface area contributed by atoms with Crippen molar-refractivity contribution in [3.05, 3.63) is 33.6 Å². The number of rotatable bonds is 4. The number of hydrogen-bond acceptors (Lipinski definition) is 4. The topological polar surface area (TPSA) is 76.9 Å². The highest BCUT2D eigenvalue weighted by Crippen LogP contribution is 2.22. The van der Waals surface area contributed by atoms with E-state index in [2.05, 4.69) is 5.10 Å². The monoisotopic (exact) mass is 250 g/mol. The number of nitrogens with one attached hydrogen (secondary N) is 1. The van der Waals surface area contributed by atoms with Gasteiger partial charge in [-0.3, -0.25) is 5.41 Å². The summed E-state index contributed by atoms with van der Waals surface area (Å²) in [6.45, 7) is 2.28. The predicted octanol–water partition coefficient (Wildman–Crippen LogP) is 1.65. The molecular formula is C11H14N4OS. The van der Waals surface area contributed by atoms with Gasteiger partial charge in [-0.2, -0.15) is 5.10 Å². The zero-order valence-electron chi connectivity index (χ0n) is 9.73. The number of thiophene rings is 1.